The van der Waals surface area contributed by atoms with Gasteiger partial charge < -0.3 is 5.11 Å². The molecule has 0 aliphatic heterocycles. The number of halogens is 2. The maximum Gasteiger partial charge on any atom is 0.337 e. The predicted molar refractivity (Wildman–Crippen MR) is 98.0 cm³/mol. The van der Waals surface area contributed by atoms with Gasteiger partial charge in [0, 0.05) is 18.1 Å². The van der Waals surface area contributed by atoms with Gasteiger partial charge >= 0.3 is 5.97 Å². The smallest absolute Gasteiger partial charge is 0.337 e. The van der Waals surface area contributed by atoms with Gasteiger partial charge in [-0.25, -0.2) is 13.2 Å². The molecule has 0 aromatic heterocycles. The first-order chi connectivity index (χ1) is 11.8. The van der Waals surface area contributed by atoms with Crippen LogP contribution in [0.5, 0.6) is 0 Å². The molecule has 0 amide bonds. The first-order valence-electron chi connectivity index (χ1n) is 7.53. The molecular weight excluding hydrogens is 385 g/mol. The van der Waals surface area contributed by atoms with Crippen molar-refractivity contribution in [2.75, 3.05) is 13.1 Å². The Labute approximate surface area is 156 Å². The molecule has 0 atom stereocenters. The van der Waals surface area contributed by atoms with Crippen molar-refractivity contribution in [1.29, 1.82) is 0 Å². The highest BCUT2D eigenvalue weighted by Gasteiger charge is 2.27. The third kappa shape index (κ3) is 4.52. The summed E-state index contributed by atoms with van der Waals surface area (Å²) < 4.78 is 27.0. The number of benzene rings is 2. The van der Waals surface area contributed by atoms with Gasteiger partial charge in [-0.15, -0.1) is 0 Å². The number of sulfonamides is 1. The summed E-state index contributed by atoms with van der Waals surface area (Å²) in [5, 5.41) is 9.46. The van der Waals surface area contributed by atoms with Crippen LogP contribution in [0.3, 0.4) is 0 Å². The van der Waals surface area contributed by atoms with E-state index >= 15 is 0 Å². The maximum absolute atomic E-state index is 12.9. The summed E-state index contributed by atoms with van der Waals surface area (Å²) in [7, 11) is -3.90. The molecule has 0 saturated heterocycles. The normalized spacial score (nSPS) is 11.7. The molecule has 25 heavy (non-hydrogen) atoms. The summed E-state index contributed by atoms with van der Waals surface area (Å²) in [6.45, 7) is 2.20. The monoisotopic (exact) mass is 401 g/mol. The van der Waals surface area contributed by atoms with E-state index in [1.54, 1.807) is 19.1 Å². The Bertz CT molecular complexity index is 867. The maximum atomic E-state index is 12.9. The first-order valence-corrected chi connectivity index (χ1v) is 9.73. The lowest BCUT2D eigenvalue weighted by Gasteiger charge is -2.21. The Hall–Kier alpha value is -1.60. The van der Waals surface area contributed by atoms with E-state index < -0.39 is 16.0 Å². The number of hydrogen-bond acceptors (Lipinski definition) is 3. The van der Waals surface area contributed by atoms with Crippen LogP contribution in [0, 0.1) is 0 Å². The van der Waals surface area contributed by atoms with Gasteiger partial charge in [0.2, 0.25) is 10.0 Å². The van der Waals surface area contributed by atoms with E-state index in [1.165, 1.54) is 22.5 Å². The molecule has 0 spiro atoms. The van der Waals surface area contributed by atoms with E-state index in [4.69, 9.17) is 28.3 Å². The lowest BCUT2D eigenvalue weighted by molar-refractivity contribution is 0.0697. The van der Waals surface area contributed by atoms with Crippen molar-refractivity contribution in [3.8, 4) is 0 Å². The van der Waals surface area contributed by atoms with E-state index in [9.17, 15) is 13.2 Å². The Balaban J connectivity index is 2.28. The van der Waals surface area contributed by atoms with Crippen LogP contribution >= 0.6 is 23.2 Å². The Morgan fingerprint density at radius 2 is 1.76 bits per heavy atom. The zero-order valence-electron chi connectivity index (χ0n) is 13.4. The van der Waals surface area contributed by atoms with Gasteiger partial charge in [0.25, 0.3) is 0 Å². The van der Waals surface area contributed by atoms with E-state index in [0.29, 0.717) is 11.4 Å². The number of carboxylic acid groups (broad SMARTS) is 1. The highest BCUT2D eigenvalue weighted by atomic mass is 35.5. The van der Waals surface area contributed by atoms with Crippen LogP contribution in [0.1, 0.15) is 22.8 Å². The molecule has 5 nitrogen and oxygen atoms in total. The van der Waals surface area contributed by atoms with Gasteiger partial charge in [-0.3, -0.25) is 0 Å². The van der Waals surface area contributed by atoms with Crippen LogP contribution in [0.2, 0.25) is 10.0 Å². The summed E-state index contributed by atoms with van der Waals surface area (Å²) >= 11 is 11.9. The zero-order valence-corrected chi connectivity index (χ0v) is 15.8. The molecule has 0 bridgehead atoms. The van der Waals surface area contributed by atoms with Crippen molar-refractivity contribution in [3.63, 3.8) is 0 Å². The summed E-state index contributed by atoms with van der Waals surface area (Å²) in [4.78, 5) is 11.0. The van der Waals surface area contributed by atoms with Gasteiger partial charge in [0.05, 0.1) is 10.6 Å². The molecular formula is C17H17Cl2NO4S. The van der Waals surface area contributed by atoms with Crippen molar-refractivity contribution in [2.24, 2.45) is 0 Å². The number of carboxylic acids is 1. The highest BCUT2D eigenvalue weighted by molar-refractivity contribution is 7.89. The lowest BCUT2D eigenvalue weighted by Crippen LogP contribution is -2.33. The summed E-state index contributed by atoms with van der Waals surface area (Å²) in [5.74, 6) is -1.27. The average molecular weight is 402 g/mol. The molecule has 0 aliphatic rings. The first kappa shape index (κ1) is 19.7. The van der Waals surface area contributed by atoms with Crippen LogP contribution in [-0.4, -0.2) is 36.9 Å². The fraction of sp³-hybridized carbons (Fsp3) is 0.235. The third-order valence-corrected chi connectivity index (χ3v) is 6.52. The third-order valence-electron chi connectivity index (χ3n) is 3.73. The molecule has 0 unspecified atom stereocenters. The minimum Gasteiger partial charge on any atom is -0.478 e. The van der Waals surface area contributed by atoms with Crippen molar-refractivity contribution in [1.82, 2.24) is 4.31 Å². The molecule has 0 radical (unpaired) electrons. The fourth-order valence-electron chi connectivity index (χ4n) is 2.37. The molecule has 2 rings (SSSR count). The van der Waals surface area contributed by atoms with Crippen LogP contribution < -0.4 is 0 Å². The van der Waals surface area contributed by atoms with E-state index in [-0.39, 0.29) is 28.6 Å². The number of rotatable bonds is 7. The topological polar surface area (TPSA) is 74.7 Å². The summed E-state index contributed by atoms with van der Waals surface area (Å²) in [6, 6.07) is 11.1. The molecule has 1 N–H and O–H groups in total. The molecule has 0 fully saturated rings. The van der Waals surface area contributed by atoms with Crippen LogP contribution in [0.15, 0.2) is 47.4 Å². The van der Waals surface area contributed by atoms with Gasteiger partial charge in [0.1, 0.15) is 4.90 Å². The molecule has 0 saturated carbocycles. The Morgan fingerprint density at radius 3 is 2.32 bits per heavy atom. The SMILES string of the molecule is CCN(CCc1ccc(Cl)cc1)S(=O)(=O)c1cccc(C(=O)O)c1Cl. The number of aromatic carboxylic acids is 1. The second-order valence-electron chi connectivity index (χ2n) is 5.30. The van der Waals surface area contributed by atoms with Crippen LogP contribution in [-0.2, 0) is 16.4 Å². The van der Waals surface area contributed by atoms with Gasteiger partial charge in [-0.05, 0) is 36.2 Å². The van der Waals surface area contributed by atoms with E-state index in [2.05, 4.69) is 0 Å². The molecule has 2 aromatic rings. The minimum atomic E-state index is -3.90. The van der Waals surface area contributed by atoms with Crippen molar-refractivity contribution >= 4 is 39.2 Å². The summed E-state index contributed by atoms with van der Waals surface area (Å²) in [5.41, 5.74) is 0.708. The molecule has 2 aromatic carbocycles. The largest absolute Gasteiger partial charge is 0.478 e. The van der Waals surface area contributed by atoms with Crippen molar-refractivity contribution in [2.45, 2.75) is 18.2 Å². The predicted octanol–water partition coefficient (Wildman–Crippen LogP) is 3.94. The zero-order chi connectivity index (χ0) is 18.6. The molecule has 134 valence electrons. The number of hydrogen-bond donors (Lipinski definition) is 1. The van der Waals surface area contributed by atoms with Crippen LogP contribution in [0.4, 0.5) is 0 Å². The number of nitrogens with zero attached hydrogens (tertiary/aromatic N) is 1. The lowest BCUT2D eigenvalue weighted by atomic mass is 10.1. The van der Waals surface area contributed by atoms with Crippen LogP contribution in [0.25, 0.3) is 0 Å². The molecule has 0 aliphatic carbocycles. The minimum absolute atomic E-state index is 0.202. The standard InChI is InChI=1S/C17H17Cl2NO4S/c1-2-20(11-10-12-6-8-13(18)9-7-12)25(23,24)15-5-3-4-14(16(15)19)17(21)22/h3-9H,2,10-11H2,1H3,(H,21,22). The van der Waals surface area contributed by atoms with Gasteiger partial charge in [-0.1, -0.05) is 48.3 Å². The number of likely N-dealkylation sites (N-methyl/N-ethyl adjacent to an activating group) is 1. The average Bonchev–Trinajstić information content (AvgIpc) is 2.56. The Kier molecular flexibility index (Phi) is 6.46. The van der Waals surface area contributed by atoms with E-state index in [1.807, 2.05) is 12.1 Å². The van der Waals surface area contributed by atoms with Crippen molar-refractivity contribution < 1.29 is 18.3 Å². The molecule has 0 heterocycles. The quantitative estimate of drug-likeness (QED) is 0.761. The molecule has 8 heteroatoms. The Morgan fingerprint density at radius 1 is 1.12 bits per heavy atom. The fourth-order valence-corrected chi connectivity index (χ4v) is 4.53. The van der Waals surface area contributed by atoms with E-state index in [0.717, 1.165) is 5.56 Å². The second-order valence-corrected chi connectivity index (χ2v) is 8.02. The highest BCUT2D eigenvalue weighted by Crippen LogP contribution is 2.28. The number of carbonyl (C=O) groups is 1. The van der Waals surface area contributed by atoms with Crippen molar-refractivity contribution in [3.05, 3.63) is 63.6 Å². The van der Waals surface area contributed by atoms with Gasteiger partial charge in [-0.2, -0.15) is 4.31 Å². The van der Waals surface area contributed by atoms with Gasteiger partial charge in [0.15, 0.2) is 0 Å². The second kappa shape index (κ2) is 8.19. The summed E-state index contributed by atoms with van der Waals surface area (Å²) in [6.07, 6.45) is 0.500.